The van der Waals surface area contributed by atoms with Gasteiger partial charge in [-0.05, 0) is 72.7 Å². The van der Waals surface area contributed by atoms with Gasteiger partial charge in [-0.15, -0.1) is 0 Å². The van der Waals surface area contributed by atoms with Gasteiger partial charge >= 0.3 is 0 Å². The second kappa shape index (κ2) is 11.2. The highest BCUT2D eigenvalue weighted by atomic mass is 16.5. The fourth-order valence-corrected chi connectivity index (χ4v) is 7.12. The zero-order chi connectivity index (χ0) is 27.8. The van der Waals surface area contributed by atoms with Gasteiger partial charge in [0, 0.05) is 61.0 Å². The van der Waals surface area contributed by atoms with Gasteiger partial charge in [-0.25, -0.2) is 0 Å². The number of nitrogens with zero attached hydrogens (tertiary/aromatic N) is 3. The van der Waals surface area contributed by atoms with Crippen LogP contribution in [-0.4, -0.2) is 60.3 Å². The summed E-state index contributed by atoms with van der Waals surface area (Å²) in [6.45, 7) is 4.53. The van der Waals surface area contributed by atoms with Crippen LogP contribution in [0, 0.1) is 0 Å². The molecule has 41 heavy (non-hydrogen) atoms. The summed E-state index contributed by atoms with van der Waals surface area (Å²) in [4.78, 5) is 17.9. The number of benzene rings is 3. The predicted molar refractivity (Wildman–Crippen MR) is 165 cm³/mol. The Labute approximate surface area is 241 Å². The van der Waals surface area contributed by atoms with Gasteiger partial charge in [0.05, 0.1) is 18.3 Å². The molecule has 1 saturated carbocycles. The average molecular weight is 550 g/mol. The first-order valence-electron chi connectivity index (χ1n) is 15.2. The SMILES string of the molecule is COc1ccc2c(c1)CC(c1ccc3c(-c4ccc(N5CCN(C6CCCCC6)CC5)cc4)n[nH]c3c1)CC(=O)N2. The van der Waals surface area contributed by atoms with Crippen molar-refractivity contribution in [2.45, 2.75) is 56.9 Å². The first-order valence-corrected chi connectivity index (χ1v) is 15.2. The van der Waals surface area contributed by atoms with Crippen molar-refractivity contribution in [3.63, 3.8) is 0 Å². The lowest BCUT2D eigenvalue weighted by Crippen LogP contribution is -2.50. The number of methoxy groups -OCH3 is 1. The normalized spacial score (nSPS) is 20.5. The summed E-state index contributed by atoms with van der Waals surface area (Å²) in [6.07, 6.45) is 8.20. The number of amides is 1. The summed E-state index contributed by atoms with van der Waals surface area (Å²) >= 11 is 0. The number of rotatable bonds is 5. The van der Waals surface area contributed by atoms with Crippen molar-refractivity contribution >= 4 is 28.2 Å². The lowest BCUT2D eigenvalue weighted by Gasteiger charge is -2.41. The van der Waals surface area contributed by atoms with Crippen molar-refractivity contribution in [2.24, 2.45) is 0 Å². The third-order valence-electron chi connectivity index (χ3n) is 9.45. The molecular weight excluding hydrogens is 510 g/mol. The number of anilines is 2. The van der Waals surface area contributed by atoms with E-state index in [0.29, 0.717) is 6.42 Å². The molecule has 7 heteroatoms. The highest BCUT2D eigenvalue weighted by molar-refractivity contribution is 5.95. The molecular formula is C34H39N5O2. The predicted octanol–water partition coefficient (Wildman–Crippen LogP) is 6.36. The molecule has 2 aliphatic heterocycles. The topological polar surface area (TPSA) is 73.5 Å². The molecule has 1 aliphatic carbocycles. The molecule has 3 aromatic carbocycles. The van der Waals surface area contributed by atoms with Crippen LogP contribution in [0.15, 0.2) is 60.7 Å². The molecule has 3 aliphatic rings. The van der Waals surface area contributed by atoms with Crippen LogP contribution >= 0.6 is 0 Å². The van der Waals surface area contributed by atoms with Crippen LogP contribution in [-0.2, 0) is 11.2 Å². The van der Waals surface area contributed by atoms with Crippen LogP contribution in [0.2, 0.25) is 0 Å². The fourth-order valence-electron chi connectivity index (χ4n) is 7.12. The number of aromatic amines is 1. The Morgan fingerprint density at radius 3 is 2.46 bits per heavy atom. The van der Waals surface area contributed by atoms with Crippen molar-refractivity contribution in [1.82, 2.24) is 15.1 Å². The van der Waals surface area contributed by atoms with Gasteiger partial charge in [-0.2, -0.15) is 5.10 Å². The van der Waals surface area contributed by atoms with E-state index in [9.17, 15) is 4.79 Å². The molecule has 0 spiro atoms. The van der Waals surface area contributed by atoms with E-state index in [2.05, 4.69) is 62.7 Å². The third-order valence-corrected chi connectivity index (χ3v) is 9.45. The monoisotopic (exact) mass is 549 g/mol. The van der Waals surface area contributed by atoms with E-state index in [0.717, 1.165) is 70.3 Å². The fraction of sp³-hybridized carbons (Fsp3) is 0.412. The van der Waals surface area contributed by atoms with Crippen LogP contribution in [0.3, 0.4) is 0 Å². The van der Waals surface area contributed by atoms with Crippen molar-refractivity contribution in [2.75, 3.05) is 43.5 Å². The Morgan fingerprint density at radius 2 is 1.68 bits per heavy atom. The Bertz CT molecular complexity index is 1530. The Hall–Kier alpha value is -3.84. The lowest BCUT2D eigenvalue weighted by molar-refractivity contribution is -0.116. The minimum Gasteiger partial charge on any atom is -0.497 e. The molecule has 7 nitrogen and oxygen atoms in total. The molecule has 1 aromatic heterocycles. The number of piperazine rings is 1. The third kappa shape index (κ3) is 5.31. The van der Waals surface area contributed by atoms with Crippen LogP contribution < -0.4 is 15.0 Å². The summed E-state index contributed by atoms with van der Waals surface area (Å²) in [7, 11) is 1.67. The minimum absolute atomic E-state index is 0.0415. The number of H-pyrrole nitrogens is 1. The zero-order valence-corrected chi connectivity index (χ0v) is 23.9. The van der Waals surface area contributed by atoms with E-state index in [1.807, 2.05) is 18.2 Å². The van der Waals surface area contributed by atoms with E-state index in [-0.39, 0.29) is 11.8 Å². The van der Waals surface area contributed by atoms with Crippen LogP contribution in [0.5, 0.6) is 5.75 Å². The molecule has 4 aromatic rings. The summed E-state index contributed by atoms with van der Waals surface area (Å²) < 4.78 is 5.43. The standard InChI is InChI=1S/C34H39N5O2/c1-41-29-12-14-31-26(20-29)19-25(22-33(40)35-31)24-9-13-30-32(21-24)36-37-34(30)23-7-10-28(11-8-23)39-17-15-38(16-18-39)27-5-3-2-4-6-27/h7-14,20-21,25,27H,2-6,15-19,22H2,1H3,(H,35,40)(H,36,37). The van der Waals surface area contributed by atoms with E-state index < -0.39 is 0 Å². The first kappa shape index (κ1) is 26.1. The molecule has 7 rings (SSSR count). The van der Waals surface area contributed by atoms with Crippen molar-refractivity contribution in [3.05, 3.63) is 71.8 Å². The van der Waals surface area contributed by atoms with E-state index >= 15 is 0 Å². The molecule has 2 fully saturated rings. The Kier molecular flexibility index (Phi) is 7.13. The van der Waals surface area contributed by atoms with Gasteiger partial charge in [0.1, 0.15) is 5.75 Å². The number of ether oxygens (including phenoxy) is 1. The largest absolute Gasteiger partial charge is 0.497 e. The number of hydrogen-bond acceptors (Lipinski definition) is 5. The maximum Gasteiger partial charge on any atom is 0.225 e. The lowest BCUT2D eigenvalue weighted by atomic mass is 9.89. The number of fused-ring (bicyclic) bond motifs is 2. The van der Waals surface area contributed by atoms with Gasteiger partial charge in [-0.3, -0.25) is 14.8 Å². The number of aromatic nitrogens is 2. The van der Waals surface area contributed by atoms with Crippen LogP contribution in [0.4, 0.5) is 11.4 Å². The van der Waals surface area contributed by atoms with Crippen molar-refractivity contribution in [3.8, 4) is 17.0 Å². The Morgan fingerprint density at radius 1 is 0.878 bits per heavy atom. The molecule has 0 radical (unpaired) electrons. The number of hydrogen-bond donors (Lipinski definition) is 2. The second-order valence-electron chi connectivity index (χ2n) is 11.9. The first-order chi connectivity index (χ1) is 20.1. The van der Waals surface area contributed by atoms with Gasteiger partial charge in [0.25, 0.3) is 0 Å². The minimum atomic E-state index is 0.0415. The Balaban J connectivity index is 1.06. The van der Waals surface area contributed by atoms with E-state index in [4.69, 9.17) is 9.84 Å². The highest BCUT2D eigenvalue weighted by Gasteiger charge is 2.26. The van der Waals surface area contributed by atoms with Gasteiger partial charge in [0.2, 0.25) is 5.91 Å². The van der Waals surface area contributed by atoms with Crippen molar-refractivity contribution in [1.29, 1.82) is 0 Å². The van der Waals surface area contributed by atoms with Crippen molar-refractivity contribution < 1.29 is 9.53 Å². The van der Waals surface area contributed by atoms with E-state index in [1.54, 1.807) is 7.11 Å². The molecule has 1 saturated heterocycles. The summed E-state index contributed by atoms with van der Waals surface area (Å²) in [6, 6.07) is 22.0. The van der Waals surface area contributed by atoms with E-state index in [1.165, 1.54) is 50.9 Å². The molecule has 2 N–H and O–H groups in total. The molecule has 212 valence electrons. The average Bonchev–Trinajstić information content (AvgIpc) is 3.37. The zero-order valence-electron chi connectivity index (χ0n) is 23.9. The summed E-state index contributed by atoms with van der Waals surface area (Å²) in [5.74, 6) is 0.928. The number of carbonyl (C=O) groups excluding carboxylic acids is 1. The van der Waals surface area contributed by atoms with Gasteiger partial charge in [-0.1, -0.05) is 43.5 Å². The molecule has 1 unspecified atom stereocenters. The molecule has 0 bridgehead atoms. The summed E-state index contributed by atoms with van der Waals surface area (Å²) in [5, 5.41) is 12.1. The number of carbonyl (C=O) groups is 1. The highest BCUT2D eigenvalue weighted by Crippen LogP contribution is 2.36. The summed E-state index contributed by atoms with van der Waals surface area (Å²) in [5.41, 5.74) is 7.48. The van der Waals surface area contributed by atoms with Crippen LogP contribution in [0.1, 0.15) is 55.6 Å². The van der Waals surface area contributed by atoms with Gasteiger partial charge in [0.15, 0.2) is 0 Å². The maximum absolute atomic E-state index is 12.7. The molecule has 1 atom stereocenters. The van der Waals surface area contributed by atoms with Crippen LogP contribution in [0.25, 0.3) is 22.2 Å². The second-order valence-corrected chi connectivity index (χ2v) is 11.9. The number of nitrogens with one attached hydrogen (secondary N) is 2. The molecule has 1 amide bonds. The quantitative estimate of drug-likeness (QED) is 0.303. The molecule has 3 heterocycles. The maximum atomic E-state index is 12.7. The smallest absolute Gasteiger partial charge is 0.225 e. The van der Waals surface area contributed by atoms with Gasteiger partial charge < -0.3 is 15.0 Å².